The van der Waals surface area contributed by atoms with Crippen LogP contribution in [0.15, 0.2) is 18.2 Å². The van der Waals surface area contributed by atoms with Gasteiger partial charge in [0.25, 0.3) is 0 Å². The number of anilines is 1. The Morgan fingerprint density at radius 3 is 3.07 bits per heavy atom. The summed E-state index contributed by atoms with van der Waals surface area (Å²) >= 11 is 0. The lowest BCUT2D eigenvalue weighted by Gasteiger charge is -2.09. The molecule has 0 aromatic carbocycles. The Balaban J connectivity index is 2.55. The molecule has 0 bridgehead atoms. The molecule has 0 aliphatic heterocycles. The zero-order valence-electron chi connectivity index (χ0n) is 8.07. The third-order valence-corrected chi connectivity index (χ3v) is 1.85. The van der Waals surface area contributed by atoms with Crippen LogP contribution < -0.4 is 5.32 Å². The van der Waals surface area contributed by atoms with Crippen molar-refractivity contribution in [3.8, 4) is 6.07 Å². The van der Waals surface area contributed by atoms with Gasteiger partial charge in [-0.25, -0.2) is 4.98 Å². The van der Waals surface area contributed by atoms with E-state index in [0.717, 1.165) is 0 Å². The van der Waals surface area contributed by atoms with Crippen LogP contribution in [0.1, 0.15) is 19.0 Å². The number of hydrogen-bond acceptors (Lipinski definition) is 4. The Morgan fingerprint density at radius 1 is 1.64 bits per heavy atom. The summed E-state index contributed by atoms with van der Waals surface area (Å²) in [7, 11) is 0. The molecule has 74 valence electrons. The summed E-state index contributed by atoms with van der Waals surface area (Å²) in [5, 5.41) is 20.8. The molecule has 1 atom stereocenters. The monoisotopic (exact) mass is 191 g/mol. The molecule has 4 nitrogen and oxygen atoms in total. The van der Waals surface area contributed by atoms with Crippen LogP contribution in [0.4, 0.5) is 5.82 Å². The van der Waals surface area contributed by atoms with E-state index >= 15 is 0 Å². The molecule has 1 unspecified atom stereocenters. The van der Waals surface area contributed by atoms with Gasteiger partial charge < -0.3 is 10.4 Å². The predicted octanol–water partition coefficient (Wildman–Crippen LogP) is 1.14. The fraction of sp³-hybridized carbons (Fsp3) is 0.400. The number of aliphatic hydroxyl groups is 1. The van der Waals surface area contributed by atoms with Gasteiger partial charge in [0.1, 0.15) is 17.6 Å². The Bertz CT molecular complexity index is 332. The second-order valence-electron chi connectivity index (χ2n) is 2.96. The highest BCUT2D eigenvalue weighted by Gasteiger charge is 2.01. The van der Waals surface area contributed by atoms with E-state index in [9.17, 15) is 5.11 Å². The normalized spacial score (nSPS) is 11.8. The third kappa shape index (κ3) is 3.04. The van der Waals surface area contributed by atoms with Gasteiger partial charge in [0.15, 0.2) is 0 Å². The summed E-state index contributed by atoms with van der Waals surface area (Å²) in [6.07, 6.45) is 0.327. The van der Waals surface area contributed by atoms with E-state index in [0.29, 0.717) is 24.5 Å². The first-order chi connectivity index (χ1) is 6.76. The van der Waals surface area contributed by atoms with Gasteiger partial charge >= 0.3 is 0 Å². The summed E-state index contributed by atoms with van der Waals surface area (Å²) in [5.41, 5.74) is 0.376. The minimum absolute atomic E-state index is 0.373. The van der Waals surface area contributed by atoms with Gasteiger partial charge in [-0.3, -0.25) is 0 Å². The molecule has 0 saturated heterocycles. The molecule has 1 aromatic heterocycles. The first-order valence-electron chi connectivity index (χ1n) is 4.55. The van der Waals surface area contributed by atoms with Crippen molar-refractivity contribution in [2.45, 2.75) is 19.4 Å². The van der Waals surface area contributed by atoms with Gasteiger partial charge in [0.2, 0.25) is 0 Å². The maximum atomic E-state index is 9.29. The maximum absolute atomic E-state index is 9.29. The van der Waals surface area contributed by atoms with Crippen LogP contribution in [-0.2, 0) is 0 Å². The molecular formula is C10H13N3O. The van der Waals surface area contributed by atoms with E-state index < -0.39 is 0 Å². The molecule has 0 fully saturated rings. The second kappa shape index (κ2) is 5.20. The number of aromatic nitrogens is 1. The Hall–Kier alpha value is -1.60. The second-order valence-corrected chi connectivity index (χ2v) is 2.96. The minimum atomic E-state index is -0.373. The highest BCUT2D eigenvalue weighted by Crippen LogP contribution is 2.04. The molecule has 0 aliphatic rings. The van der Waals surface area contributed by atoms with Gasteiger partial charge in [-0.15, -0.1) is 0 Å². The predicted molar refractivity (Wildman–Crippen MR) is 53.7 cm³/mol. The average Bonchev–Trinajstić information content (AvgIpc) is 2.26. The molecular weight excluding hydrogens is 178 g/mol. The first-order valence-corrected chi connectivity index (χ1v) is 4.55. The van der Waals surface area contributed by atoms with Gasteiger partial charge in [-0.1, -0.05) is 13.0 Å². The number of nitriles is 1. The Morgan fingerprint density at radius 2 is 2.43 bits per heavy atom. The van der Waals surface area contributed by atoms with E-state index in [2.05, 4.69) is 10.3 Å². The molecule has 0 saturated carbocycles. The van der Waals surface area contributed by atoms with Crippen molar-refractivity contribution in [3.05, 3.63) is 23.9 Å². The molecule has 14 heavy (non-hydrogen) atoms. The van der Waals surface area contributed by atoms with Crippen LogP contribution in [0.3, 0.4) is 0 Å². The van der Waals surface area contributed by atoms with Crippen molar-refractivity contribution >= 4 is 5.82 Å². The zero-order chi connectivity index (χ0) is 10.4. The van der Waals surface area contributed by atoms with E-state index in [4.69, 9.17) is 5.26 Å². The highest BCUT2D eigenvalue weighted by atomic mass is 16.3. The number of aliphatic hydroxyl groups excluding tert-OH is 1. The van der Waals surface area contributed by atoms with Crippen LogP contribution in [0.25, 0.3) is 0 Å². The third-order valence-electron chi connectivity index (χ3n) is 1.85. The van der Waals surface area contributed by atoms with E-state index in [-0.39, 0.29) is 6.10 Å². The lowest BCUT2D eigenvalue weighted by Crippen LogP contribution is -2.18. The minimum Gasteiger partial charge on any atom is -0.391 e. The fourth-order valence-electron chi connectivity index (χ4n) is 0.962. The van der Waals surface area contributed by atoms with E-state index in [1.807, 2.05) is 13.0 Å². The summed E-state index contributed by atoms with van der Waals surface area (Å²) in [6.45, 7) is 2.36. The number of nitrogens with one attached hydrogen (secondary N) is 1. The Kier molecular flexibility index (Phi) is 3.89. The zero-order valence-corrected chi connectivity index (χ0v) is 8.07. The highest BCUT2D eigenvalue weighted by molar-refractivity contribution is 5.38. The van der Waals surface area contributed by atoms with Crippen molar-refractivity contribution in [1.82, 2.24) is 4.98 Å². The summed E-state index contributed by atoms with van der Waals surface area (Å²) in [5.74, 6) is 0.622. The van der Waals surface area contributed by atoms with Gasteiger partial charge in [0.05, 0.1) is 6.10 Å². The van der Waals surface area contributed by atoms with Crippen LogP contribution in [-0.4, -0.2) is 22.7 Å². The summed E-state index contributed by atoms with van der Waals surface area (Å²) < 4.78 is 0. The smallest absolute Gasteiger partial charge is 0.142 e. The quantitative estimate of drug-likeness (QED) is 0.748. The molecule has 2 N–H and O–H groups in total. The fourth-order valence-corrected chi connectivity index (χ4v) is 0.962. The van der Waals surface area contributed by atoms with Crippen LogP contribution in [0.2, 0.25) is 0 Å². The number of hydrogen-bond donors (Lipinski definition) is 2. The number of nitrogens with zero attached hydrogens (tertiary/aromatic N) is 2. The van der Waals surface area contributed by atoms with E-state index in [1.165, 1.54) is 0 Å². The largest absolute Gasteiger partial charge is 0.391 e. The van der Waals surface area contributed by atoms with Crippen molar-refractivity contribution in [1.29, 1.82) is 5.26 Å². The number of rotatable bonds is 4. The molecule has 1 heterocycles. The lowest BCUT2D eigenvalue weighted by molar-refractivity contribution is 0.183. The van der Waals surface area contributed by atoms with Gasteiger partial charge in [-0.05, 0) is 18.6 Å². The lowest BCUT2D eigenvalue weighted by atomic mass is 10.3. The van der Waals surface area contributed by atoms with Crippen LogP contribution >= 0.6 is 0 Å². The SMILES string of the molecule is CCC(O)CNc1cccc(C#N)n1. The molecule has 1 rings (SSSR count). The molecule has 1 aromatic rings. The molecule has 0 spiro atoms. The van der Waals surface area contributed by atoms with Crippen molar-refractivity contribution in [3.63, 3.8) is 0 Å². The van der Waals surface area contributed by atoms with Crippen molar-refractivity contribution in [2.75, 3.05) is 11.9 Å². The van der Waals surface area contributed by atoms with Gasteiger partial charge in [0, 0.05) is 6.54 Å². The van der Waals surface area contributed by atoms with Crippen molar-refractivity contribution in [2.24, 2.45) is 0 Å². The summed E-state index contributed by atoms with van der Waals surface area (Å²) in [6, 6.07) is 7.12. The topological polar surface area (TPSA) is 68.9 Å². The standard InChI is InChI=1S/C10H13N3O/c1-2-9(14)7-12-10-5-3-4-8(6-11)13-10/h3-5,9,14H,2,7H2,1H3,(H,12,13). The molecule has 0 amide bonds. The Labute approximate surface area is 83.2 Å². The molecule has 0 aliphatic carbocycles. The molecule has 0 radical (unpaired) electrons. The van der Waals surface area contributed by atoms with E-state index in [1.54, 1.807) is 18.2 Å². The first kappa shape index (κ1) is 10.5. The van der Waals surface area contributed by atoms with Gasteiger partial charge in [-0.2, -0.15) is 5.26 Å². The van der Waals surface area contributed by atoms with Crippen LogP contribution in [0, 0.1) is 11.3 Å². The molecule has 4 heteroatoms. The average molecular weight is 191 g/mol. The maximum Gasteiger partial charge on any atom is 0.142 e. The summed E-state index contributed by atoms with van der Waals surface area (Å²) in [4.78, 5) is 4.01. The number of pyridine rings is 1. The van der Waals surface area contributed by atoms with Crippen molar-refractivity contribution < 1.29 is 5.11 Å². The van der Waals surface area contributed by atoms with Crippen LogP contribution in [0.5, 0.6) is 0 Å².